The van der Waals surface area contributed by atoms with Gasteiger partial charge in [-0.3, -0.25) is 0 Å². The van der Waals surface area contributed by atoms with E-state index in [1.807, 2.05) is 13.8 Å². The molecule has 4 nitrogen and oxygen atoms in total. The maximum Gasteiger partial charge on any atom is 0.145 e. The molecule has 0 aromatic heterocycles. The van der Waals surface area contributed by atoms with Gasteiger partial charge in [-0.05, 0) is 32.6 Å². The van der Waals surface area contributed by atoms with Crippen LogP contribution >= 0.6 is 0 Å². The van der Waals surface area contributed by atoms with E-state index in [1.54, 1.807) is 13.8 Å². The van der Waals surface area contributed by atoms with Gasteiger partial charge < -0.3 is 0 Å². The molecule has 0 saturated carbocycles. The molecule has 0 aliphatic carbocycles. The molecule has 0 fully saturated rings. The second-order valence-electron chi connectivity index (χ2n) is 4.89. The first kappa shape index (κ1) is 15.9. The van der Waals surface area contributed by atoms with Crippen molar-refractivity contribution in [3.63, 3.8) is 0 Å². The highest BCUT2D eigenvalue weighted by molar-refractivity contribution is 7.74. The molecule has 0 saturated heterocycles. The SMILES string of the molecule is CCCC(C(C)CC(C)(C)[SH](=O)=O)[SH](=O)=O. The summed E-state index contributed by atoms with van der Waals surface area (Å²) >= 11 is 0. The van der Waals surface area contributed by atoms with Crippen LogP contribution in [0.5, 0.6) is 0 Å². The molecule has 0 heterocycles. The number of hydrogen-bond donors (Lipinski definition) is 2. The van der Waals surface area contributed by atoms with Crippen molar-refractivity contribution in [2.45, 2.75) is 57.0 Å². The zero-order valence-corrected chi connectivity index (χ0v) is 12.1. The molecule has 0 aliphatic rings. The molecular formula is C10H22O4S2. The number of hydrogen-bond acceptors (Lipinski definition) is 4. The first-order chi connectivity index (χ1) is 7.22. The van der Waals surface area contributed by atoms with E-state index in [1.165, 1.54) is 0 Å². The van der Waals surface area contributed by atoms with Gasteiger partial charge in [0.15, 0.2) is 0 Å². The highest BCUT2D eigenvalue weighted by Gasteiger charge is 2.29. The number of rotatable bonds is 7. The average Bonchev–Trinajstić information content (AvgIpc) is 2.12. The van der Waals surface area contributed by atoms with Gasteiger partial charge in [-0.2, -0.15) is 0 Å². The van der Waals surface area contributed by atoms with Crippen LogP contribution in [0.15, 0.2) is 0 Å². The quantitative estimate of drug-likeness (QED) is 0.682. The second kappa shape index (κ2) is 6.59. The predicted octanol–water partition coefficient (Wildman–Crippen LogP) is 1.18. The van der Waals surface area contributed by atoms with Gasteiger partial charge >= 0.3 is 0 Å². The van der Waals surface area contributed by atoms with Gasteiger partial charge in [0.1, 0.15) is 21.4 Å². The van der Waals surface area contributed by atoms with Crippen LogP contribution in [0.2, 0.25) is 0 Å². The maximum atomic E-state index is 11.1. The van der Waals surface area contributed by atoms with Crippen molar-refractivity contribution in [1.29, 1.82) is 0 Å². The standard InChI is InChI=1S/C10H22O4S2/c1-5-6-9(15(11)12)8(2)7-10(3,4)16(13)14/h8-9,15-16H,5-7H2,1-4H3. The van der Waals surface area contributed by atoms with Gasteiger partial charge in [0, 0.05) is 0 Å². The van der Waals surface area contributed by atoms with Crippen molar-refractivity contribution in [3.8, 4) is 0 Å². The molecule has 0 bridgehead atoms. The summed E-state index contributed by atoms with van der Waals surface area (Å²) in [4.78, 5) is 0. The minimum atomic E-state index is -2.53. The Bertz CT molecular complexity index is 340. The molecule has 98 valence electrons. The van der Waals surface area contributed by atoms with Gasteiger partial charge in [0.05, 0.1) is 10.00 Å². The van der Waals surface area contributed by atoms with Gasteiger partial charge in [0.25, 0.3) is 0 Å². The van der Waals surface area contributed by atoms with Crippen LogP contribution in [0.3, 0.4) is 0 Å². The summed E-state index contributed by atoms with van der Waals surface area (Å²) in [5, 5.41) is -0.408. The Morgan fingerprint density at radius 2 is 1.62 bits per heavy atom. The highest BCUT2D eigenvalue weighted by atomic mass is 32.2. The summed E-state index contributed by atoms with van der Waals surface area (Å²) < 4.78 is 43.3. The van der Waals surface area contributed by atoms with Crippen LogP contribution in [0.4, 0.5) is 0 Å². The minimum Gasteiger partial charge on any atom is -0.232 e. The first-order valence-electron chi connectivity index (χ1n) is 5.50. The smallest absolute Gasteiger partial charge is 0.145 e. The van der Waals surface area contributed by atoms with Crippen molar-refractivity contribution < 1.29 is 16.8 Å². The zero-order valence-electron chi connectivity index (χ0n) is 10.3. The summed E-state index contributed by atoms with van der Waals surface area (Å²) in [6, 6.07) is 0. The third kappa shape index (κ3) is 4.82. The fourth-order valence-electron chi connectivity index (χ4n) is 1.89. The molecule has 0 aromatic rings. The van der Waals surface area contributed by atoms with Crippen LogP contribution in [-0.2, 0) is 21.4 Å². The van der Waals surface area contributed by atoms with Crippen LogP contribution < -0.4 is 0 Å². The van der Waals surface area contributed by atoms with Crippen LogP contribution in [-0.4, -0.2) is 26.8 Å². The Hall–Kier alpha value is -0.100. The molecule has 0 N–H and O–H groups in total. The summed E-state index contributed by atoms with van der Waals surface area (Å²) in [5.74, 6) is -0.121. The topological polar surface area (TPSA) is 68.3 Å². The van der Waals surface area contributed by atoms with E-state index in [4.69, 9.17) is 0 Å². The lowest BCUT2D eigenvalue weighted by atomic mass is 9.93. The Labute approximate surface area is 101 Å². The molecule has 0 aromatic carbocycles. The zero-order chi connectivity index (χ0) is 12.9. The molecule has 0 rings (SSSR count). The predicted molar refractivity (Wildman–Crippen MR) is 67.2 cm³/mol. The molecular weight excluding hydrogens is 248 g/mol. The lowest BCUT2D eigenvalue weighted by Gasteiger charge is -2.25. The Kier molecular flexibility index (Phi) is 6.55. The Morgan fingerprint density at radius 1 is 1.12 bits per heavy atom. The van der Waals surface area contributed by atoms with E-state index >= 15 is 0 Å². The summed E-state index contributed by atoms with van der Waals surface area (Å²) in [7, 11) is -5.00. The average molecular weight is 270 g/mol. The molecule has 2 unspecified atom stereocenters. The van der Waals surface area contributed by atoms with E-state index in [0.29, 0.717) is 12.8 Å². The van der Waals surface area contributed by atoms with Crippen molar-refractivity contribution in [1.82, 2.24) is 0 Å². The van der Waals surface area contributed by atoms with E-state index < -0.39 is 31.4 Å². The van der Waals surface area contributed by atoms with Crippen LogP contribution in [0.25, 0.3) is 0 Å². The van der Waals surface area contributed by atoms with Crippen molar-refractivity contribution >= 4 is 21.4 Å². The third-order valence-electron chi connectivity index (χ3n) is 2.83. The third-order valence-corrected chi connectivity index (χ3v) is 5.31. The minimum absolute atomic E-state index is 0.121. The number of thiol groups is 2. The Morgan fingerprint density at radius 3 is 1.94 bits per heavy atom. The molecule has 6 heteroatoms. The fraction of sp³-hybridized carbons (Fsp3) is 1.00. The van der Waals surface area contributed by atoms with E-state index in [2.05, 4.69) is 0 Å². The fourth-order valence-corrected chi connectivity index (χ4v) is 3.32. The van der Waals surface area contributed by atoms with Gasteiger partial charge in [-0.1, -0.05) is 20.3 Å². The largest absolute Gasteiger partial charge is 0.232 e. The molecule has 0 radical (unpaired) electrons. The highest BCUT2D eigenvalue weighted by Crippen LogP contribution is 2.25. The van der Waals surface area contributed by atoms with Crippen LogP contribution in [0.1, 0.15) is 47.0 Å². The maximum absolute atomic E-state index is 11.1. The molecule has 0 aliphatic heterocycles. The monoisotopic (exact) mass is 270 g/mol. The molecule has 0 amide bonds. The molecule has 0 spiro atoms. The summed E-state index contributed by atoms with van der Waals surface area (Å²) in [5.41, 5.74) is 0. The molecule has 16 heavy (non-hydrogen) atoms. The summed E-state index contributed by atoms with van der Waals surface area (Å²) in [6.07, 6.45) is 1.79. The van der Waals surface area contributed by atoms with Gasteiger partial charge in [0.2, 0.25) is 0 Å². The first-order valence-corrected chi connectivity index (χ1v) is 7.92. The lowest BCUT2D eigenvalue weighted by Crippen LogP contribution is -2.30. The summed E-state index contributed by atoms with van der Waals surface area (Å²) in [6.45, 7) is 7.01. The van der Waals surface area contributed by atoms with E-state index in [9.17, 15) is 16.8 Å². The lowest BCUT2D eigenvalue weighted by molar-refractivity contribution is 0.413. The van der Waals surface area contributed by atoms with Gasteiger partial charge in [-0.25, -0.2) is 16.8 Å². The van der Waals surface area contributed by atoms with E-state index in [0.717, 1.165) is 6.42 Å². The van der Waals surface area contributed by atoms with Crippen molar-refractivity contribution in [2.24, 2.45) is 5.92 Å². The second-order valence-corrected chi connectivity index (χ2v) is 7.85. The van der Waals surface area contributed by atoms with Crippen LogP contribution in [0, 0.1) is 5.92 Å². The van der Waals surface area contributed by atoms with E-state index in [-0.39, 0.29) is 5.92 Å². The van der Waals surface area contributed by atoms with Crippen molar-refractivity contribution in [3.05, 3.63) is 0 Å². The Balaban J connectivity index is 4.71. The van der Waals surface area contributed by atoms with Crippen molar-refractivity contribution in [2.75, 3.05) is 0 Å². The molecule has 2 atom stereocenters. The van der Waals surface area contributed by atoms with Gasteiger partial charge in [-0.15, -0.1) is 0 Å². The normalized spacial score (nSPS) is 16.6.